The van der Waals surface area contributed by atoms with Gasteiger partial charge >= 0.3 is 0 Å². The predicted octanol–water partition coefficient (Wildman–Crippen LogP) is 3.36. The van der Waals surface area contributed by atoms with E-state index in [4.69, 9.17) is 0 Å². The van der Waals surface area contributed by atoms with E-state index < -0.39 is 11.8 Å². The molecule has 4 nitrogen and oxygen atoms in total. The van der Waals surface area contributed by atoms with Gasteiger partial charge in [0, 0.05) is 25.0 Å². The molecule has 1 aliphatic carbocycles. The fourth-order valence-corrected chi connectivity index (χ4v) is 3.91. The second-order valence-corrected chi connectivity index (χ2v) is 6.83. The summed E-state index contributed by atoms with van der Waals surface area (Å²) in [7, 11) is 0. The first kappa shape index (κ1) is 17.0. The number of hydrogen-bond acceptors (Lipinski definition) is 4. The Morgan fingerprint density at radius 3 is 2.52 bits per heavy atom. The Hall–Kier alpha value is -2.80. The van der Waals surface area contributed by atoms with E-state index in [9.17, 15) is 14.9 Å². The highest BCUT2D eigenvalue weighted by Crippen LogP contribution is 2.37. The SMILES string of the molecule is Cc1cc(C)c(C2C(=O)CC(Cc3ncccc3C#N)C2=O)c(C)c1. The van der Waals surface area contributed by atoms with Crippen molar-refractivity contribution >= 4 is 11.6 Å². The van der Waals surface area contributed by atoms with Crippen LogP contribution < -0.4 is 0 Å². The monoisotopic (exact) mass is 332 g/mol. The van der Waals surface area contributed by atoms with E-state index in [0.717, 1.165) is 22.3 Å². The predicted molar refractivity (Wildman–Crippen MR) is 94.2 cm³/mol. The summed E-state index contributed by atoms with van der Waals surface area (Å²) in [6.45, 7) is 5.92. The normalized spacial score (nSPS) is 19.9. The number of pyridine rings is 1. The van der Waals surface area contributed by atoms with Gasteiger partial charge in [0.2, 0.25) is 0 Å². The summed E-state index contributed by atoms with van der Waals surface area (Å²) >= 11 is 0. The Kier molecular flexibility index (Phi) is 4.50. The molecule has 0 radical (unpaired) electrons. The minimum absolute atomic E-state index is 0.0282. The number of ketones is 2. The zero-order chi connectivity index (χ0) is 18.1. The van der Waals surface area contributed by atoms with Gasteiger partial charge in [-0.15, -0.1) is 0 Å². The van der Waals surface area contributed by atoms with Gasteiger partial charge in [-0.3, -0.25) is 14.6 Å². The van der Waals surface area contributed by atoms with Gasteiger partial charge in [-0.25, -0.2) is 0 Å². The number of Topliss-reactive ketones (excluding diaryl/α,β-unsaturated/α-hetero) is 2. The molecule has 4 heteroatoms. The number of rotatable bonds is 3. The molecule has 2 aromatic rings. The molecule has 1 saturated carbocycles. The molecule has 0 N–H and O–H groups in total. The summed E-state index contributed by atoms with van der Waals surface area (Å²) in [4.78, 5) is 29.8. The Morgan fingerprint density at radius 2 is 1.88 bits per heavy atom. The van der Waals surface area contributed by atoms with Gasteiger partial charge in [0.05, 0.1) is 11.3 Å². The maximum atomic E-state index is 13.0. The van der Waals surface area contributed by atoms with Crippen molar-refractivity contribution in [1.82, 2.24) is 4.98 Å². The lowest BCUT2D eigenvalue weighted by Crippen LogP contribution is -2.19. The molecule has 1 fully saturated rings. The Morgan fingerprint density at radius 1 is 1.20 bits per heavy atom. The van der Waals surface area contributed by atoms with E-state index in [1.54, 1.807) is 18.3 Å². The first-order valence-electron chi connectivity index (χ1n) is 8.40. The minimum atomic E-state index is -0.681. The summed E-state index contributed by atoms with van der Waals surface area (Å²) in [6, 6.07) is 9.53. The molecular formula is C21H20N2O2. The third kappa shape index (κ3) is 3.10. The minimum Gasteiger partial charge on any atom is -0.298 e. The topological polar surface area (TPSA) is 70.8 Å². The highest BCUT2D eigenvalue weighted by Gasteiger charge is 2.43. The van der Waals surface area contributed by atoms with Crippen molar-refractivity contribution in [1.29, 1.82) is 5.26 Å². The number of aryl methyl sites for hydroxylation is 3. The molecule has 3 rings (SSSR count). The number of nitriles is 1. The molecule has 2 atom stereocenters. The number of carbonyl (C=O) groups is 2. The number of benzene rings is 1. The molecule has 25 heavy (non-hydrogen) atoms. The van der Waals surface area contributed by atoms with E-state index in [1.807, 2.05) is 32.9 Å². The van der Waals surface area contributed by atoms with Crippen LogP contribution in [0.1, 0.15) is 45.8 Å². The van der Waals surface area contributed by atoms with Crippen molar-refractivity contribution < 1.29 is 9.59 Å². The molecule has 1 aliphatic rings. The first-order chi connectivity index (χ1) is 11.9. The van der Waals surface area contributed by atoms with Crippen LogP contribution in [0.3, 0.4) is 0 Å². The molecule has 1 aromatic carbocycles. The van der Waals surface area contributed by atoms with Crippen molar-refractivity contribution in [2.45, 2.75) is 39.5 Å². The summed E-state index contributed by atoms with van der Waals surface area (Å²) in [5.41, 5.74) is 5.01. The summed E-state index contributed by atoms with van der Waals surface area (Å²) in [5.74, 6) is -1.16. The molecule has 0 bridgehead atoms. The molecule has 0 aliphatic heterocycles. The number of nitrogens with zero attached hydrogens (tertiary/aromatic N) is 2. The van der Waals surface area contributed by atoms with Gasteiger partial charge in [-0.1, -0.05) is 17.7 Å². The van der Waals surface area contributed by atoms with Crippen LogP contribution in [0.25, 0.3) is 0 Å². The summed E-state index contributed by atoms with van der Waals surface area (Å²) in [5, 5.41) is 9.20. The van der Waals surface area contributed by atoms with E-state index in [1.165, 1.54) is 0 Å². The van der Waals surface area contributed by atoms with Gasteiger partial charge in [0.25, 0.3) is 0 Å². The van der Waals surface area contributed by atoms with E-state index in [0.29, 0.717) is 17.7 Å². The lowest BCUT2D eigenvalue weighted by Gasteiger charge is -2.16. The van der Waals surface area contributed by atoms with Crippen molar-refractivity contribution in [2.75, 3.05) is 0 Å². The van der Waals surface area contributed by atoms with Crippen molar-refractivity contribution in [2.24, 2.45) is 5.92 Å². The molecule has 126 valence electrons. The lowest BCUT2D eigenvalue weighted by atomic mass is 9.86. The molecule has 2 unspecified atom stereocenters. The van der Waals surface area contributed by atoms with E-state index in [-0.39, 0.29) is 18.0 Å². The molecule has 1 aromatic heterocycles. The van der Waals surface area contributed by atoms with E-state index >= 15 is 0 Å². The van der Waals surface area contributed by atoms with Crippen LogP contribution in [0, 0.1) is 38.0 Å². The van der Waals surface area contributed by atoms with Gasteiger partial charge in [-0.2, -0.15) is 5.26 Å². The Balaban J connectivity index is 1.93. The standard InChI is InChI=1S/C21H20N2O2/c1-12-7-13(2)19(14(3)8-12)20-18(24)10-16(21(20)25)9-17-15(11-22)5-4-6-23-17/h4-8,16,20H,9-10H2,1-3H3. The summed E-state index contributed by atoms with van der Waals surface area (Å²) in [6.07, 6.45) is 2.18. The second-order valence-electron chi connectivity index (χ2n) is 6.83. The first-order valence-corrected chi connectivity index (χ1v) is 8.40. The van der Waals surface area contributed by atoms with Crippen molar-refractivity contribution in [3.63, 3.8) is 0 Å². The van der Waals surface area contributed by atoms with Gasteiger partial charge in [0.15, 0.2) is 5.78 Å². The highest BCUT2D eigenvalue weighted by molar-refractivity contribution is 6.15. The fourth-order valence-electron chi connectivity index (χ4n) is 3.91. The van der Waals surface area contributed by atoms with Crippen LogP contribution in [0.5, 0.6) is 0 Å². The lowest BCUT2D eigenvalue weighted by molar-refractivity contribution is -0.124. The van der Waals surface area contributed by atoms with Crippen LogP contribution in [0.4, 0.5) is 0 Å². The average Bonchev–Trinajstić information content (AvgIpc) is 2.82. The molecule has 1 heterocycles. The smallest absolute Gasteiger partial charge is 0.151 e. The molecular weight excluding hydrogens is 312 g/mol. The van der Waals surface area contributed by atoms with Crippen LogP contribution >= 0.6 is 0 Å². The van der Waals surface area contributed by atoms with Crippen LogP contribution in [-0.4, -0.2) is 16.6 Å². The Bertz CT molecular complexity index is 885. The zero-order valence-corrected chi connectivity index (χ0v) is 14.7. The van der Waals surface area contributed by atoms with Gasteiger partial charge in [-0.05, 0) is 49.6 Å². The van der Waals surface area contributed by atoms with Crippen LogP contribution in [-0.2, 0) is 16.0 Å². The van der Waals surface area contributed by atoms with Crippen LogP contribution in [0.15, 0.2) is 30.5 Å². The summed E-state index contributed by atoms with van der Waals surface area (Å²) < 4.78 is 0. The Labute approximate surface area is 147 Å². The number of aromatic nitrogens is 1. The number of carbonyl (C=O) groups excluding carboxylic acids is 2. The largest absolute Gasteiger partial charge is 0.298 e. The third-order valence-electron chi connectivity index (χ3n) is 4.93. The van der Waals surface area contributed by atoms with Crippen molar-refractivity contribution in [3.05, 3.63) is 64.0 Å². The quantitative estimate of drug-likeness (QED) is 0.808. The van der Waals surface area contributed by atoms with Crippen LogP contribution in [0.2, 0.25) is 0 Å². The fraction of sp³-hybridized carbons (Fsp3) is 0.333. The zero-order valence-electron chi connectivity index (χ0n) is 14.7. The average molecular weight is 332 g/mol. The van der Waals surface area contributed by atoms with Gasteiger partial charge < -0.3 is 0 Å². The second kappa shape index (κ2) is 6.60. The maximum absolute atomic E-state index is 13.0. The van der Waals surface area contributed by atoms with E-state index in [2.05, 4.69) is 11.1 Å². The molecule has 0 saturated heterocycles. The van der Waals surface area contributed by atoms with Crippen molar-refractivity contribution in [3.8, 4) is 6.07 Å². The third-order valence-corrected chi connectivity index (χ3v) is 4.93. The number of hydrogen-bond donors (Lipinski definition) is 0. The maximum Gasteiger partial charge on any atom is 0.151 e. The molecule has 0 spiro atoms. The molecule has 0 amide bonds. The van der Waals surface area contributed by atoms with Gasteiger partial charge in [0.1, 0.15) is 17.8 Å². The highest BCUT2D eigenvalue weighted by atomic mass is 16.2.